The highest BCUT2D eigenvalue weighted by molar-refractivity contribution is 7.99. The van der Waals surface area contributed by atoms with E-state index in [9.17, 15) is 0 Å². The lowest BCUT2D eigenvalue weighted by molar-refractivity contribution is 0.296. The summed E-state index contributed by atoms with van der Waals surface area (Å²) in [6, 6.07) is 7.83. The molecule has 0 heterocycles. The molecule has 0 aliphatic carbocycles. The zero-order valence-electron chi connectivity index (χ0n) is 8.44. The zero-order chi connectivity index (χ0) is 11.1. The highest BCUT2D eigenvalue weighted by Gasteiger charge is 2.03. The Kier molecular flexibility index (Phi) is 5.19. The summed E-state index contributed by atoms with van der Waals surface area (Å²) in [5, 5.41) is 17.6. The fraction of sp³-hybridized carbons (Fsp3) is 0.364. The van der Waals surface area contributed by atoms with Crippen LogP contribution in [0.3, 0.4) is 0 Å². The predicted octanol–water partition coefficient (Wildman–Crippen LogP) is 1.49. The van der Waals surface area contributed by atoms with Gasteiger partial charge in [0.25, 0.3) is 0 Å². The minimum atomic E-state index is 0.190. The summed E-state index contributed by atoms with van der Waals surface area (Å²) in [6.45, 7) is 0.645. The number of nitrogens with zero attached hydrogens (tertiary/aromatic N) is 1. The molecule has 0 aliphatic rings. The second kappa shape index (κ2) is 6.46. The minimum absolute atomic E-state index is 0.190. The standard InChI is InChI=1S/C11H14N2OS/c12-7-9-2-3-11(10(6-9)8-13)15-5-1-4-14/h2-3,6,14H,1,4-5,7,12H2. The third-order valence-electron chi connectivity index (χ3n) is 1.96. The molecule has 0 amide bonds. The molecule has 0 bridgehead atoms. The van der Waals surface area contributed by atoms with E-state index in [1.807, 2.05) is 18.2 Å². The van der Waals surface area contributed by atoms with E-state index in [0.29, 0.717) is 12.1 Å². The van der Waals surface area contributed by atoms with Gasteiger partial charge in [0, 0.05) is 23.8 Å². The molecule has 0 saturated carbocycles. The van der Waals surface area contributed by atoms with Gasteiger partial charge in [-0.2, -0.15) is 5.26 Å². The molecule has 4 heteroatoms. The maximum absolute atomic E-state index is 8.94. The van der Waals surface area contributed by atoms with Crippen LogP contribution in [-0.4, -0.2) is 17.5 Å². The molecule has 3 N–H and O–H groups in total. The van der Waals surface area contributed by atoms with E-state index >= 15 is 0 Å². The number of nitriles is 1. The number of thioether (sulfide) groups is 1. The summed E-state index contributed by atoms with van der Waals surface area (Å²) in [6.07, 6.45) is 0.744. The summed E-state index contributed by atoms with van der Waals surface area (Å²) < 4.78 is 0. The van der Waals surface area contributed by atoms with E-state index in [1.165, 1.54) is 0 Å². The van der Waals surface area contributed by atoms with Crippen molar-refractivity contribution in [1.82, 2.24) is 0 Å². The van der Waals surface area contributed by atoms with Gasteiger partial charge in [0.1, 0.15) is 6.07 Å². The Morgan fingerprint density at radius 3 is 2.87 bits per heavy atom. The molecule has 80 valence electrons. The van der Waals surface area contributed by atoms with Gasteiger partial charge in [-0.05, 0) is 24.1 Å². The van der Waals surface area contributed by atoms with Crippen molar-refractivity contribution >= 4 is 11.8 Å². The van der Waals surface area contributed by atoms with Crippen LogP contribution in [0.5, 0.6) is 0 Å². The molecule has 0 spiro atoms. The molecule has 3 nitrogen and oxygen atoms in total. The maximum atomic E-state index is 8.94. The predicted molar refractivity (Wildman–Crippen MR) is 61.5 cm³/mol. The van der Waals surface area contributed by atoms with E-state index in [-0.39, 0.29) is 6.61 Å². The van der Waals surface area contributed by atoms with Gasteiger partial charge in [-0.25, -0.2) is 0 Å². The van der Waals surface area contributed by atoms with Crippen LogP contribution in [0.25, 0.3) is 0 Å². The molecule has 0 aromatic heterocycles. The van der Waals surface area contributed by atoms with Crippen molar-refractivity contribution < 1.29 is 5.11 Å². The second-order valence-corrected chi connectivity index (χ2v) is 4.21. The smallest absolute Gasteiger partial charge is 0.100 e. The number of nitrogens with two attached hydrogens (primary N) is 1. The van der Waals surface area contributed by atoms with Gasteiger partial charge in [0.2, 0.25) is 0 Å². The van der Waals surface area contributed by atoms with Crippen molar-refractivity contribution in [3.63, 3.8) is 0 Å². The van der Waals surface area contributed by atoms with E-state index in [2.05, 4.69) is 6.07 Å². The number of rotatable bonds is 5. The lowest BCUT2D eigenvalue weighted by atomic mass is 10.1. The molecule has 1 aromatic rings. The summed E-state index contributed by atoms with van der Waals surface area (Å²) in [7, 11) is 0. The largest absolute Gasteiger partial charge is 0.396 e. The number of aliphatic hydroxyl groups excluding tert-OH is 1. The van der Waals surface area contributed by atoms with Crippen molar-refractivity contribution in [3.05, 3.63) is 29.3 Å². The third kappa shape index (κ3) is 3.56. The van der Waals surface area contributed by atoms with Gasteiger partial charge in [-0.15, -0.1) is 11.8 Å². The summed E-state index contributed by atoms with van der Waals surface area (Å²) >= 11 is 1.59. The second-order valence-electron chi connectivity index (χ2n) is 3.07. The molecule has 0 saturated heterocycles. The lowest BCUT2D eigenvalue weighted by Gasteiger charge is -2.04. The first-order chi connectivity index (χ1) is 7.31. The molecule has 0 fully saturated rings. The normalized spacial score (nSPS) is 9.93. The quantitative estimate of drug-likeness (QED) is 0.585. The number of hydrogen-bond donors (Lipinski definition) is 2. The monoisotopic (exact) mass is 222 g/mol. The molecule has 0 aliphatic heterocycles. The molecule has 0 unspecified atom stereocenters. The van der Waals surface area contributed by atoms with Gasteiger partial charge >= 0.3 is 0 Å². The Bertz CT molecular complexity index is 360. The van der Waals surface area contributed by atoms with Gasteiger partial charge in [0.05, 0.1) is 5.56 Å². The Labute approximate surface area is 93.9 Å². The number of hydrogen-bond acceptors (Lipinski definition) is 4. The summed E-state index contributed by atoms with van der Waals surface area (Å²) in [5.41, 5.74) is 7.13. The summed E-state index contributed by atoms with van der Waals surface area (Å²) in [5.74, 6) is 0.827. The first-order valence-electron chi connectivity index (χ1n) is 4.78. The van der Waals surface area contributed by atoms with Crippen LogP contribution >= 0.6 is 11.8 Å². The van der Waals surface area contributed by atoms with Crippen molar-refractivity contribution in [2.45, 2.75) is 17.9 Å². The van der Waals surface area contributed by atoms with Crippen LogP contribution in [0.4, 0.5) is 0 Å². The van der Waals surface area contributed by atoms with Crippen LogP contribution in [0.2, 0.25) is 0 Å². The lowest BCUT2D eigenvalue weighted by Crippen LogP contribution is -1.97. The Morgan fingerprint density at radius 1 is 1.47 bits per heavy atom. The molecule has 0 atom stereocenters. The van der Waals surface area contributed by atoms with Crippen molar-refractivity contribution in [1.29, 1.82) is 5.26 Å². The fourth-order valence-electron chi connectivity index (χ4n) is 1.16. The van der Waals surface area contributed by atoms with Crippen LogP contribution in [0.1, 0.15) is 17.5 Å². The SMILES string of the molecule is N#Cc1cc(CN)ccc1SCCCO. The van der Waals surface area contributed by atoms with Crippen LogP contribution in [0, 0.1) is 11.3 Å². The van der Waals surface area contributed by atoms with E-state index in [1.54, 1.807) is 11.8 Å². The van der Waals surface area contributed by atoms with E-state index in [4.69, 9.17) is 16.1 Å². The van der Waals surface area contributed by atoms with Gasteiger partial charge < -0.3 is 10.8 Å². The van der Waals surface area contributed by atoms with Crippen molar-refractivity contribution in [2.24, 2.45) is 5.73 Å². The highest BCUT2D eigenvalue weighted by Crippen LogP contribution is 2.23. The van der Waals surface area contributed by atoms with E-state index < -0.39 is 0 Å². The fourth-order valence-corrected chi connectivity index (χ4v) is 2.08. The van der Waals surface area contributed by atoms with Gasteiger partial charge in [0.15, 0.2) is 0 Å². The third-order valence-corrected chi connectivity index (χ3v) is 3.12. The zero-order valence-corrected chi connectivity index (χ0v) is 9.26. The first kappa shape index (κ1) is 12.1. The van der Waals surface area contributed by atoms with Crippen LogP contribution in [0.15, 0.2) is 23.1 Å². The van der Waals surface area contributed by atoms with Crippen molar-refractivity contribution in [3.8, 4) is 6.07 Å². The highest BCUT2D eigenvalue weighted by atomic mass is 32.2. The molecule has 1 aromatic carbocycles. The number of aliphatic hydroxyl groups is 1. The number of benzene rings is 1. The Balaban J connectivity index is 2.75. The summed E-state index contributed by atoms with van der Waals surface area (Å²) in [4.78, 5) is 0.961. The minimum Gasteiger partial charge on any atom is -0.396 e. The van der Waals surface area contributed by atoms with E-state index in [0.717, 1.165) is 22.6 Å². The average Bonchev–Trinajstić information content (AvgIpc) is 2.29. The van der Waals surface area contributed by atoms with Gasteiger partial charge in [-0.3, -0.25) is 0 Å². The molecule has 15 heavy (non-hydrogen) atoms. The molecule has 0 radical (unpaired) electrons. The van der Waals surface area contributed by atoms with Crippen LogP contribution in [-0.2, 0) is 6.54 Å². The Morgan fingerprint density at radius 2 is 2.27 bits per heavy atom. The Hall–Kier alpha value is -1.02. The topological polar surface area (TPSA) is 70.0 Å². The average molecular weight is 222 g/mol. The van der Waals surface area contributed by atoms with Crippen molar-refractivity contribution in [2.75, 3.05) is 12.4 Å². The van der Waals surface area contributed by atoms with Crippen LogP contribution < -0.4 is 5.73 Å². The maximum Gasteiger partial charge on any atom is 0.100 e. The first-order valence-corrected chi connectivity index (χ1v) is 5.77. The molecular weight excluding hydrogens is 208 g/mol. The molecular formula is C11H14N2OS. The molecule has 1 rings (SSSR count). The van der Waals surface area contributed by atoms with Gasteiger partial charge in [-0.1, -0.05) is 6.07 Å².